The molecule has 3 aromatic rings. The third-order valence-electron chi connectivity index (χ3n) is 3.58. The van der Waals surface area contributed by atoms with Crippen molar-refractivity contribution in [3.63, 3.8) is 0 Å². The Balaban J connectivity index is 1.69. The third-order valence-corrected chi connectivity index (χ3v) is 3.58. The SMILES string of the molecule is CCOc1ccc(CNC(=O)c2cc3ccccn3n2)cc1OC. The van der Waals surface area contributed by atoms with Gasteiger partial charge >= 0.3 is 0 Å². The minimum atomic E-state index is -0.216. The minimum Gasteiger partial charge on any atom is -0.493 e. The van der Waals surface area contributed by atoms with Gasteiger partial charge in [0.1, 0.15) is 0 Å². The first kappa shape index (κ1) is 15.9. The lowest BCUT2D eigenvalue weighted by Crippen LogP contribution is -2.23. The highest BCUT2D eigenvalue weighted by atomic mass is 16.5. The zero-order valence-corrected chi connectivity index (χ0v) is 13.7. The number of pyridine rings is 1. The van der Waals surface area contributed by atoms with Gasteiger partial charge < -0.3 is 14.8 Å². The first-order chi connectivity index (χ1) is 11.7. The molecule has 0 aliphatic carbocycles. The summed E-state index contributed by atoms with van der Waals surface area (Å²) in [6.07, 6.45) is 1.81. The van der Waals surface area contributed by atoms with Crippen LogP contribution in [0.4, 0.5) is 0 Å². The number of hydrogen-bond acceptors (Lipinski definition) is 4. The van der Waals surface area contributed by atoms with Crippen LogP contribution < -0.4 is 14.8 Å². The molecule has 3 rings (SSSR count). The fourth-order valence-corrected chi connectivity index (χ4v) is 2.42. The third kappa shape index (κ3) is 3.32. The first-order valence-corrected chi connectivity index (χ1v) is 7.73. The molecule has 1 N–H and O–H groups in total. The largest absolute Gasteiger partial charge is 0.493 e. The van der Waals surface area contributed by atoms with Gasteiger partial charge in [-0.1, -0.05) is 12.1 Å². The van der Waals surface area contributed by atoms with Crippen LogP contribution in [-0.2, 0) is 6.54 Å². The van der Waals surface area contributed by atoms with E-state index in [0.717, 1.165) is 11.1 Å². The molecule has 124 valence electrons. The number of rotatable bonds is 6. The molecule has 1 aromatic carbocycles. The zero-order chi connectivity index (χ0) is 16.9. The molecule has 0 saturated carbocycles. The Morgan fingerprint density at radius 1 is 1.21 bits per heavy atom. The second-order valence-electron chi connectivity index (χ2n) is 5.20. The van der Waals surface area contributed by atoms with E-state index in [1.165, 1.54) is 0 Å². The molecule has 0 aliphatic rings. The molecular formula is C18H19N3O3. The Labute approximate surface area is 140 Å². The van der Waals surface area contributed by atoms with Crippen LogP contribution >= 0.6 is 0 Å². The maximum Gasteiger partial charge on any atom is 0.272 e. The van der Waals surface area contributed by atoms with Crippen molar-refractivity contribution in [2.75, 3.05) is 13.7 Å². The smallest absolute Gasteiger partial charge is 0.272 e. The molecule has 0 saturated heterocycles. The van der Waals surface area contributed by atoms with Crippen LogP contribution in [-0.4, -0.2) is 29.2 Å². The lowest BCUT2D eigenvalue weighted by atomic mass is 10.2. The number of hydrogen-bond donors (Lipinski definition) is 1. The van der Waals surface area contributed by atoms with Crippen molar-refractivity contribution in [1.29, 1.82) is 0 Å². The quantitative estimate of drug-likeness (QED) is 0.757. The Kier molecular flexibility index (Phi) is 4.65. The molecule has 0 unspecified atom stereocenters. The highest BCUT2D eigenvalue weighted by Crippen LogP contribution is 2.27. The fourth-order valence-electron chi connectivity index (χ4n) is 2.42. The van der Waals surface area contributed by atoms with Gasteiger partial charge in [0.05, 0.1) is 19.2 Å². The predicted molar refractivity (Wildman–Crippen MR) is 90.5 cm³/mol. The van der Waals surface area contributed by atoms with E-state index in [4.69, 9.17) is 9.47 Å². The first-order valence-electron chi connectivity index (χ1n) is 7.73. The van der Waals surface area contributed by atoms with Gasteiger partial charge in [-0.05, 0) is 42.8 Å². The van der Waals surface area contributed by atoms with Crippen LogP contribution in [0.25, 0.3) is 5.52 Å². The molecule has 0 bridgehead atoms. The number of methoxy groups -OCH3 is 1. The Bertz CT molecular complexity index is 825. The van der Waals surface area contributed by atoms with Gasteiger partial charge in [0.25, 0.3) is 5.91 Å². The number of amides is 1. The van der Waals surface area contributed by atoms with Crippen LogP contribution in [0, 0.1) is 0 Å². The fraction of sp³-hybridized carbons (Fsp3) is 0.222. The molecule has 6 nitrogen and oxygen atoms in total. The average Bonchev–Trinajstić information content (AvgIpc) is 3.05. The van der Waals surface area contributed by atoms with Crippen molar-refractivity contribution in [2.24, 2.45) is 0 Å². The molecule has 6 heteroatoms. The maximum atomic E-state index is 12.3. The van der Waals surface area contributed by atoms with E-state index in [1.54, 1.807) is 17.7 Å². The summed E-state index contributed by atoms with van der Waals surface area (Å²) in [5.41, 5.74) is 2.19. The predicted octanol–water partition coefficient (Wildman–Crippen LogP) is 2.67. The lowest BCUT2D eigenvalue weighted by Gasteiger charge is -2.11. The summed E-state index contributed by atoms with van der Waals surface area (Å²) in [5.74, 6) is 1.12. The molecule has 1 amide bonds. The number of ether oxygens (including phenoxy) is 2. The molecule has 0 spiro atoms. The summed E-state index contributed by atoms with van der Waals surface area (Å²) in [6.45, 7) is 2.87. The average molecular weight is 325 g/mol. The molecule has 0 atom stereocenters. The van der Waals surface area contributed by atoms with Gasteiger partial charge in [0.2, 0.25) is 0 Å². The molecular weight excluding hydrogens is 306 g/mol. The van der Waals surface area contributed by atoms with Crippen LogP contribution in [0.1, 0.15) is 23.0 Å². The molecule has 2 heterocycles. The van der Waals surface area contributed by atoms with Crippen molar-refractivity contribution in [1.82, 2.24) is 14.9 Å². The van der Waals surface area contributed by atoms with Crippen molar-refractivity contribution in [3.05, 3.63) is 59.9 Å². The summed E-state index contributed by atoms with van der Waals surface area (Å²) in [4.78, 5) is 12.3. The molecule has 0 fully saturated rings. The van der Waals surface area contributed by atoms with Crippen molar-refractivity contribution in [2.45, 2.75) is 13.5 Å². The normalized spacial score (nSPS) is 10.6. The second kappa shape index (κ2) is 7.04. The van der Waals surface area contributed by atoms with Crippen LogP contribution in [0.2, 0.25) is 0 Å². The topological polar surface area (TPSA) is 64.9 Å². The Morgan fingerprint density at radius 2 is 2.08 bits per heavy atom. The number of nitrogens with one attached hydrogen (secondary N) is 1. The minimum absolute atomic E-state index is 0.216. The van der Waals surface area contributed by atoms with E-state index in [9.17, 15) is 4.79 Å². The van der Waals surface area contributed by atoms with Gasteiger partial charge in [-0.3, -0.25) is 4.79 Å². The van der Waals surface area contributed by atoms with E-state index >= 15 is 0 Å². The number of fused-ring (bicyclic) bond motifs is 1. The highest BCUT2D eigenvalue weighted by molar-refractivity contribution is 5.93. The van der Waals surface area contributed by atoms with Crippen LogP contribution in [0.15, 0.2) is 48.7 Å². The molecule has 24 heavy (non-hydrogen) atoms. The summed E-state index contributed by atoms with van der Waals surface area (Å²) < 4.78 is 12.5. The standard InChI is InChI=1S/C18H19N3O3/c1-3-24-16-8-7-13(10-17(16)23-2)12-19-18(22)15-11-14-6-4-5-9-21(14)20-15/h4-11H,3,12H2,1-2H3,(H,19,22). The van der Waals surface area contributed by atoms with Gasteiger partial charge in [-0.25, -0.2) is 4.52 Å². The van der Waals surface area contributed by atoms with Crippen molar-refractivity contribution in [3.8, 4) is 11.5 Å². The lowest BCUT2D eigenvalue weighted by molar-refractivity contribution is 0.0945. The monoisotopic (exact) mass is 325 g/mol. The second-order valence-corrected chi connectivity index (χ2v) is 5.20. The number of nitrogens with zero attached hydrogens (tertiary/aromatic N) is 2. The molecule has 2 aromatic heterocycles. The van der Waals surface area contributed by atoms with E-state index in [-0.39, 0.29) is 5.91 Å². The number of aromatic nitrogens is 2. The summed E-state index contributed by atoms with van der Waals surface area (Å²) in [6, 6.07) is 13.0. The number of carbonyl (C=O) groups is 1. The van der Waals surface area contributed by atoms with Crippen LogP contribution in [0.3, 0.4) is 0 Å². The number of benzene rings is 1. The molecule has 0 radical (unpaired) electrons. The number of carbonyl (C=O) groups excluding carboxylic acids is 1. The Hall–Kier alpha value is -3.02. The van der Waals surface area contributed by atoms with Gasteiger partial charge in [0.15, 0.2) is 17.2 Å². The summed E-state index contributed by atoms with van der Waals surface area (Å²) in [5, 5.41) is 7.12. The zero-order valence-electron chi connectivity index (χ0n) is 13.7. The van der Waals surface area contributed by atoms with Gasteiger partial charge in [0, 0.05) is 12.7 Å². The van der Waals surface area contributed by atoms with Crippen molar-refractivity contribution < 1.29 is 14.3 Å². The van der Waals surface area contributed by atoms with Gasteiger partial charge in [-0.2, -0.15) is 5.10 Å². The van der Waals surface area contributed by atoms with E-state index in [0.29, 0.717) is 30.3 Å². The van der Waals surface area contributed by atoms with E-state index < -0.39 is 0 Å². The molecule has 0 aliphatic heterocycles. The van der Waals surface area contributed by atoms with E-state index in [2.05, 4.69) is 10.4 Å². The van der Waals surface area contributed by atoms with Crippen LogP contribution in [0.5, 0.6) is 11.5 Å². The van der Waals surface area contributed by atoms with Gasteiger partial charge in [-0.15, -0.1) is 0 Å². The maximum absolute atomic E-state index is 12.3. The highest BCUT2D eigenvalue weighted by Gasteiger charge is 2.11. The summed E-state index contributed by atoms with van der Waals surface area (Å²) >= 11 is 0. The van der Waals surface area contributed by atoms with E-state index in [1.807, 2.05) is 49.5 Å². The van der Waals surface area contributed by atoms with Crippen molar-refractivity contribution >= 4 is 11.4 Å². The summed E-state index contributed by atoms with van der Waals surface area (Å²) in [7, 11) is 1.59. The Morgan fingerprint density at radius 3 is 2.83 bits per heavy atom.